The summed E-state index contributed by atoms with van der Waals surface area (Å²) in [5.41, 5.74) is 5.52. The highest BCUT2D eigenvalue weighted by molar-refractivity contribution is 7.09. The van der Waals surface area contributed by atoms with Crippen molar-refractivity contribution >= 4 is 34.7 Å². The summed E-state index contributed by atoms with van der Waals surface area (Å²) in [6.07, 6.45) is 2.43. The van der Waals surface area contributed by atoms with E-state index in [1.165, 1.54) is 11.1 Å². The fourth-order valence-corrected chi connectivity index (χ4v) is 2.48. The van der Waals surface area contributed by atoms with Gasteiger partial charge in [0.15, 0.2) is 5.82 Å². The minimum Gasteiger partial charge on any atom is -0.368 e. The van der Waals surface area contributed by atoms with Gasteiger partial charge in [0.1, 0.15) is 5.02 Å². The Morgan fingerprint density at radius 1 is 1.59 bits per heavy atom. The number of nitrogens with one attached hydrogen (secondary N) is 1. The van der Waals surface area contributed by atoms with E-state index >= 15 is 0 Å². The topological polar surface area (TPSA) is 63.8 Å². The zero-order valence-electron chi connectivity index (χ0n) is 9.35. The van der Waals surface area contributed by atoms with Crippen molar-refractivity contribution in [3.05, 3.63) is 33.6 Å². The zero-order valence-corrected chi connectivity index (χ0v) is 10.9. The predicted octanol–water partition coefficient (Wildman–Crippen LogP) is 2.82. The van der Waals surface area contributed by atoms with Crippen LogP contribution >= 0.6 is 22.9 Å². The van der Waals surface area contributed by atoms with Gasteiger partial charge in [-0.05, 0) is 18.4 Å². The standard InChI is InChI=1S/C11H13ClN4S/c1-7(5-8-3-2-4-17-8)15-10-9(12)6-14-11(13)16-10/h2-4,6-7H,5H2,1H3,(H3,13,14,15,16). The van der Waals surface area contributed by atoms with Crippen molar-refractivity contribution in [2.75, 3.05) is 11.1 Å². The summed E-state index contributed by atoms with van der Waals surface area (Å²) in [7, 11) is 0. The Kier molecular flexibility index (Phi) is 3.81. The molecule has 0 aliphatic heterocycles. The van der Waals surface area contributed by atoms with Crippen molar-refractivity contribution in [2.24, 2.45) is 0 Å². The summed E-state index contributed by atoms with van der Waals surface area (Å²) in [6.45, 7) is 2.08. The van der Waals surface area contributed by atoms with Crippen LogP contribution in [0.15, 0.2) is 23.7 Å². The molecule has 0 spiro atoms. The molecule has 17 heavy (non-hydrogen) atoms. The second kappa shape index (κ2) is 5.33. The number of aromatic nitrogens is 2. The highest BCUT2D eigenvalue weighted by Crippen LogP contribution is 2.20. The van der Waals surface area contributed by atoms with Gasteiger partial charge in [0.2, 0.25) is 5.95 Å². The van der Waals surface area contributed by atoms with Gasteiger partial charge in [-0.2, -0.15) is 4.98 Å². The lowest BCUT2D eigenvalue weighted by atomic mass is 10.2. The van der Waals surface area contributed by atoms with Crippen molar-refractivity contribution in [2.45, 2.75) is 19.4 Å². The summed E-state index contributed by atoms with van der Waals surface area (Å²) < 4.78 is 0. The molecule has 3 N–H and O–H groups in total. The molecule has 0 saturated carbocycles. The monoisotopic (exact) mass is 268 g/mol. The predicted molar refractivity (Wildman–Crippen MR) is 72.6 cm³/mol. The Hall–Kier alpha value is -1.33. The van der Waals surface area contributed by atoms with Gasteiger partial charge in [0.05, 0.1) is 6.20 Å². The number of nitrogens with two attached hydrogens (primary N) is 1. The first-order chi connectivity index (χ1) is 8.15. The molecule has 0 radical (unpaired) electrons. The normalized spacial score (nSPS) is 12.4. The molecule has 0 amide bonds. The van der Waals surface area contributed by atoms with Crippen molar-refractivity contribution in [1.29, 1.82) is 0 Å². The maximum atomic E-state index is 5.98. The average molecular weight is 269 g/mol. The lowest BCUT2D eigenvalue weighted by molar-refractivity contribution is 0.794. The van der Waals surface area contributed by atoms with Gasteiger partial charge >= 0.3 is 0 Å². The molecule has 0 saturated heterocycles. The van der Waals surface area contributed by atoms with Crippen LogP contribution in [-0.2, 0) is 6.42 Å². The van der Waals surface area contributed by atoms with Gasteiger partial charge in [-0.3, -0.25) is 0 Å². The van der Waals surface area contributed by atoms with Gasteiger partial charge in [-0.1, -0.05) is 17.7 Å². The molecular weight excluding hydrogens is 256 g/mol. The van der Waals surface area contributed by atoms with E-state index in [1.54, 1.807) is 11.3 Å². The Morgan fingerprint density at radius 2 is 2.41 bits per heavy atom. The lowest BCUT2D eigenvalue weighted by Crippen LogP contribution is -2.19. The maximum absolute atomic E-state index is 5.98. The average Bonchev–Trinajstić information content (AvgIpc) is 2.76. The fourth-order valence-electron chi connectivity index (χ4n) is 1.50. The van der Waals surface area contributed by atoms with Crippen LogP contribution in [0.2, 0.25) is 5.02 Å². The Balaban J connectivity index is 2.02. The smallest absolute Gasteiger partial charge is 0.222 e. The SMILES string of the molecule is CC(Cc1cccs1)Nc1nc(N)ncc1Cl. The van der Waals surface area contributed by atoms with Crippen LogP contribution < -0.4 is 11.1 Å². The number of hydrogen-bond acceptors (Lipinski definition) is 5. The van der Waals surface area contributed by atoms with Crippen LogP contribution in [0.5, 0.6) is 0 Å². The first kappa shape index (κ1) is 12.1. The third kappa shape index (κ3) is 3.31. The van der Waals surface area contributed by atoms with Crippen molar-refractivity contribution in [3.63, 3.8) is 0 Å². The van der Waals surface area contributed by atoms with Crippen LogP contribution in [0.4, 0.5) is 11.8 Å². The van der Waals surface area contributed by atoms with Gasteiger partial charge in [-0.15, -0.1) is 11.3 Å². The Bertz CT molecular complexity index is 486. The van der Waals surface area contributed by atoms with E-state index in [9.17, 15) is 0 Å². The highest BCUT2D eigenvalue weighted by Gasteiger charge is 2.09. The molecule has 0 aliphatic carbocycles. The highest BCUT2D eigenvalue weighted by atomic mass is 35.5. The summed E-state index contributed by atoms with van der Waals surface area (Å²) in [4.78, 5) is 9.21. The maximum Gasteiger partial charge on any atom is 0.222 e. The number of anilines is 2. The summed E-state index contributed by atoms with van der Waals surface area (Å²) in [6, 6.07) is 4.39. The first-order valence-corrected chi connectivity index (χ1v) is 6.48. The van der Waals surface area contributed by atoms with E-state index in [0.717, 1.165) is 6.42 Å². The number of hydrogen-bond donors (Lipinski definition) is 2. The molecule has 2 aromatic rings. The third-order valence-electron chi connectivity index (χ3n) is 2.23. The van der Waals surface area contributed by atoms with Crippen molar-refractivity contribution in [1.82, 2.24) is 9.97 Å². The van der Waals surface area contributed by atoms with Crippen LogP contribution in [0.3, 0.4) is 0 Å². The second-order valence-corrected chi connectivity index (χ2v) is 5.19. The molecule has 1 unspecified atom stereocenters. The molecule has 90 valence electrons. The second-order valence-electron chi connectivity index (χ2n) is 3.75. The van der Waals surface area contributed by atoms with Crippen LogP contribution in [0, 0.1) is 0 Å². The minimum atomic E-state index is 0.222. The minimum absolute atomic E-state index is 0.222. The quantitative estimate of drug-likeness (QED) is 0.895. The van der Waals surface area contributed by atoms with E-state index < -0.39 is 0 Å². The molecule has 0 bridgehead atoms. The molecule has 4 nitrogen and oxygen atoms in total. The number of thiophene rings is 1. The van der Waals surface area contributed by atoms with Crippen LogP contribution in [0.25, 0.3) is 0 Å². The Labute approximate surface area is 109 Å². The van der Waals surface area contributed by atoms with Crippen molar-refractivity contribution in [3.8, 4) is 0 Å². The van der Waals surface area contributed by atoms with E-state index in [4.69, 9.17) is 17.3 Å². The molecule has 2 rings (SSSR count). The molecule has 0 aliphatic rings. The summed E-state index contributed by atoms with van der Waals surface area (Å²) in [5, 5.41) is 5.78. The van der Waals surface area contributed by atoms with Gasteiger partial charge < -0.3 is 11.1 Å². The molecular formula is C11H13ClN4S. The van der Waals surface area contributed by atoms with Gasteiger partial charge in [0, 0.05) is 17.3 Å². The molecule has 2 aromatic heterocycles. The molecule has 1 atom stereocenters. The van der Waals surface area contributed by atoms with Crippen LogP contribution in [0.1, 0.15) is 11.8 Å². The zero-order chi connectivity index (χ0) is 12.3. The number of rotatable bonds is 4. The molecule has 6 heteroatoms. The van der Waals surface area contributed by atoms with E-state index in [0.29, 0.717) is 10.8 Å². The molecule has 0 fully saturated rings. The van der Waals surface area contributed by atoms with Crippen molar-refractivity contribution < 1.29 is 0 Å². The van der Waals surface area contributed by atoms with Crippen LogP contribution in [-0.4, -0.2) is 16.0 Å². The van der Waals surface area contributed by atoms with Gasteiger partial charge in [-0.25, -0.2) is 4.98 Å². The summed E-state index contributed by atoms with van der Waals surface area (Å²) >= 11 is 7.72. The first-order valence-electron chi connectivity index (χ1n) is 5.22. The number of nitrogens with zero attached hydrogens (tertiary/aromatic N) is 2. The molecule has 2 heterocycles. The third-order valence-corrected chi connectivity index (χ3v) is 3.41. The van der Waals surface area contributed by atoms with E-state index in [2.05, 4.69) is 33.7 Å². The lowest BCUT2D eigenvalue weighted by Gasteiger charge is -2.14. The van der Waals surface area contributed by atoms with E-state index in [1.807, 2.05) is 6.07 Å². The summed E-state index contributed by atoms with van der Waals surface area (Å²) in [5.74, 6) is 0.809. The Morgan fingerprint density at radius 3 is 3.12 bits per heavy atom. The largest absolute Gasteiger partial charge is 0.368 e. The van der Waals surface area contributed by atoms with E-state index in [-0.39, 0.29) is 12.0 Å². The number of nitrogen functional groups attached to an aromatic ring is 1. The number of halogens is 1. The molecule has 0 aromatic carbocycles. The fraction of sp³-hybridized carbons (Fsp3) is 0.273. The van der Waals surface area contributed by atoms with Gasteiger partial charge in [0.25, 0.3) is 0 Å².